The van der Waals surface area contributed by atoms with Gasteiger partial charge in [0.2, 0.25) is 0 Å². The molecule has 2 rings (SSSR count). The van der Waals surface area contributed by atoms with Gasteiger partial charge in [0.1, 0.15) is 13.2 Å². The molecule has 0 aliphatic carbocycles. The molecule has 0 amide bonds. The first-order valence-electron chi connectivity index (χ1n) is 10.4. The van der Waals surface area contributed by atoms with Crippen molar-refractivity contribution in [2.45, 2.75) is 22.0 Å². The first kappa shape index (κ1) is 27.1. The molecule has 0 saturated heterocycles. The Kier molecular flexibility index (Phi) is 15.5. The van der Waals surface area contributed by atoms with Gasteiger partial charge in [0.05, 0.1) is 12.2 Å². The average Bonchev–Trinajstić information content (AvgIpc) is 2.84. The second kappa shape index (κ2) is 18.3. The molecule has 0 heterocycles. The average molecular weight is 503 g/mol. The Balaban J connectivity index is 1.63. The van der Waals surface area contributed by atoms with Gasteiger partial charge in [-0.3, -0.25) is 0 Å². The maximum Gasteiger partial charge on any atom is 0.107 e. The lowest BCUT2D eigenvalue weighted by molar-refractivity contribution is 0.113. The Hall–Kier alpha value is -1.12. The number of hydrogen-bond donors (Lipinski definition) is 0. The molecule has 0 fully saturated rings. The normalized spacial score (nSPS) is 12.6. The Labute approximate surface area is 210 Å². The van der Waals surface area contributed by atoms with Crippen molar-refractivity contribution < 1.29 is 9.47 Å². The first-order chi connectivity index (χ1) is 15.8. The van der Waals surface area contributed by atoms with Crippen LogP contribution in [0.4, 0.5) is 0 Å². The molecule has 2 aromatic rings. The highest BCUT2D eigenvalue weighted by Gasteiger charge is 2.12. The molecular formula is C26H30O2S4. The summed E-state index contributed by atoms with van der Waals surface area (Å²) < 4.78 is 11.7. The van der Waals surface area contributed by atoms with Crippen molar-refractivity contribution in [3.05, 3.63) is 60.7 Å². The van der Waals surface area contributed by atoms with Crippen molar-refractivity contribution in [2.75, 3.05) is 47.7 Å². The van der Waals surface area contributed by atoms with Gasteiger partial charge in [-0.05, 0) is 24.3 Å². The molecular weight excluding hydrogens is 473 g/mol. The number of benzene rings is 2. The molecule has 170 valence electrons. The minimum absolute atomic E-state index is 0.153. The number of hydrogen-bond acceptors (Lipinski definition) is 6. The highest BCUT2D eigenvalue weighted by molar-refractivity contribution is 8.03. The monoisotopic (exact) mass is 502 g/mol. The predicted octanol–water partition coefficient (Wildman–Crippen LogP) is 6.07. The van der Waals surface area contributed by atoms with Gasteiger partial charge in [0.25, 0.3) is 0 Å². The van der Waals surface area contributed by atoms with E-state index in [1.165, 1.54) is 9.79 Å². The Morgan fingerprint density at radius 3 is 1.41 bits per heavy atom. The fourth-order valence-electron chi connectivity index (χ4n) is 2.58. The van der Waals surface area contributed by atoms with E-state index in [1.54, 1.807) is 0 Å². The topological polar surface area (TPSA) is 18.5 Å². The van der Waals surface area contributed by atoms with Crippen molar-refractivity contribution >= 4 is 47.0 Å². The third-order valence-corrected chi connectivity index (χ3v) is 8.89. The zero-order valence-electron chi connectivity index (χ0n) is 18.2. The number of thioether (sulfide) groups is 4. The molecule has 2 aromatic carbocycles. The Bertz CT molecular complexity index is 733. The molecule has 0 spiro atoms. The van der Waals surface area contributed by atoms with Crippen LogP contribution in [-0.4, -0.2) is 59.9 Å². The molecule has 2 unspecified atom stereocenters. The quantitative estimate of drug-likeness (QED) is 0.147. The number of ether oxygens (including phenoxy) is 2. The van der Waals surface area contributed by atoms with Crippen molar-refractivity contribution in [1.82, 2.24) is 0 Å². The summed E-state index contributed by atoms with van der Waals surface area (Å²) in [5.74, 6) is 11.0. The van der Waals surface area contributed by atoms with Gasteiger partial charge in [0.15, 0.2) is 0 Å². The summed E-state index contributed by atoms with van der Waals surface area (Å²) in [5.41, 5.74) is 0. The van der Waals surface area contributed by atoms with Crippen LogP contribution in [0.15, 0.2) is 70.5 Å². The summed E-state index contributed by atoms with van der Waals surface area (Å²) in [4.78, 5) is 2.52. The van der Waals surface area contributed by atoms with Crippen LogP contribution in [0.25, 0.3) is 0 Å². The van der Waals surface area contributed by atoms with E-state index in [1.807, 2.05) is 59.2 Å². The van der Waals surface area contributed by atoms with E-state index in [4.69, 9.17) is 22.3 Å². The van der Waals surface area contributed by atoms with Crippen LogP contribution < -0.4 is 0 Å². The van der Waals surface area contributed by atoms with Crippen LogP contribution in [0, 0.1) is 24.7 Å². The van der Waals surface area contributed by atoms with Crippen LogP contribution in [0.5, 0.6) is 0 Å². The van der Waals surface area contributed by atoms with E-state index in [0.29, 0.717) is 13.2 Å². The van der Waals surface area contributed by atoms with E-state index in [-0.39, 0.29) is 12.2 Å². The van der Waals surface area contributed by atoms with E-state index in [0.717, 1.165) is 34.5 Å². The highest BCUT2D eigenvalue weighted by Crippen LogP contribution is 2.23. The van der Waals surface area contributed by atoms with E-state index in [9.17, 15) is 0 Å². The summed E-state index contributed by atoms with van der Waals surface area (Å²) in [6, 6.07) is 20.8. The largest absolute Gasteiger partial charge is 0.364 e. The summed E-state index contributed by atoms with van der Waals surface area (Å²) in [7, 11) is 0. The Morgan fingerprint density at radius 1 is 0.625 bits per heavy atom. The van der Waals surface area contributed by atoms with Crippen LogP contribution in [0.2, 0.25) is 0 Å². The second-order valence-corrected chi connectivity index (χ2v) is 11.2. The lowest BCUT2D eigenvalue weighted by atomic mass is 10.4. The van der Waals surface area contributed by atoms with Gasteiger partial charge < -0.3 is 9.47 Å². The predicted molar refractivity (Wildman–Crippen MR) is 146 cm³/mol. The number of terminal acetylenes is 2. The molecule has 0 saturated carbocycles. The first-order valence-corrected chi connectivity index (χ1v) is 14.7. The SMILES string of the molecule is C#CCOC(CSCCSCC(CSc1ccccc1)OCC#C)CSc1ccccc1. The van der Waals surface area contributed by atoms with Gasteiger partial charge in [-0.1, -0.05) is 48.2 Å². The third-order valence-electron chi connectivity index (χ3n) is 4.14. The van der Waals surface area contributed by atoms with Crippen molar-refractivity contribution in [2.24, 2.45) is 0 Å². The molecule has 2 nitrogen and oxygen atoms in total. The smallest absolute Gasteiger partial charge is 0.107 e. The highest BCUT2D eigenvalue weighted by atomic mass is 32.2. The molecule has 0 aromatic heterocycles. The molecule has 0 radical (unpaired) electrons. The summed E-state index contributed by atoms with van der Waals surface area (Å²) in [5, 5.41) is 0. The third kappa shape index (κ3) is 12.8. The van der Waals surface area contributed by atoms with Gasteiger partial charge >= 0.3 is 0 Å². The van der Waals surface area contributed by atoms with Crippen LogP contribution >= 0.6 is 47.0 Å². The minimum Gasteiger partial charge on any atom is -0.364 e. The lowest BCUT2D eigenvalue weighted by Crippen LogP contribution is -2.20. The molecule has 6 heteroatoms. The molecule has 0 aliphatic rings. The summed E-state index contributed by atoms with van der Waals surface area (Å²) in [6.07, 6.45) is 11.1. The summed E-state index contributed by atoms with van der Waals surface area (Å²) >= 11 is 7.47. The fraction of sp³-hybridized carbons (Fsp3) is 0.385. The van der Waals surface area contributed by atoms with E-state index < -0.39 is 0 Å². The van der Waals surface area contributed by atoms with Gasteiger partial charge in [-0.2, -0.15) is 23.5 Å². The molecule has 0 N–H and O–H groups in total. The van der Waals surface area contributed by atoms with Crippen LogP contribution in [0.3, 0.4) is 0 Å². The van der Waals surface area contributed by atoms with Crippen LogP contribution in [0.1, 0.15) is 0 Å². The molecule has 0 bridgehead atoms. The second-order valence-electron chi connectivity index (χ2n) is 6.67. The van der Waals surface area contributed by atoms with Gasteiger partial charge in [0, 0.05) is 44.3 Å². The fourth-order valence-corrected chi connectivity index (χ4v) is 6.99. The van der Waals surface area contributed by atoms with Gasteiger partial charge in [-0.15, -0.1) is 36.4 Å². The van der Waals surface area contributed by atoms with Crippen molar-refractivity contribution in [3.8, 4) is 24.7 Å². The maximum absolute atomic E-state index is 5.85. The zero-order chi connectivity index (χ0) is 22.7. The zero-order valence-corrected chi connectivity index (χ0v) is 21.5. The molecule has 0 aliphatic heterocycles. The van der Waals surface area contributed by atoms with Crippen molar-refractivity contribution in [3.63, 3.8) is 0 Å². The molecule has 2 atom stereocenters. The van der Waals surface area contributed by atoms with E-state index in [2.05, 4.69) is 60.4 Å². The van der Waals surface area contributed by atoms with E-state index >= 15 is 0 Å². The molecule has 32 heavy (non-hydrogen) atoms. The Morgan fingerprint density at radius 2 is 1.03 bits per heavy atom. The van der Waals surface area contributed by atoms with Crippen molar-refractivity contribution in [1.29, 1.82) is 0 Å². The minimum atomic E-state index is 0.153. The van der Waals surface area contributed by atoms with Crippen LogP contribution in [-0.2, 0) is 9.47 Å². The summed E-state index contributed by atoms with van der Waals surface area (Å²) in [6.45, 7) is 0.727. The maximum atomic E-state index is 5.85. The lowest BCUT2D eigenvalue weighted by Gasteiger charge is -2.17. The standard InChI is InChI=1S/C26H30O2S4/c1-3-15-27-23(21-31-25-11-7-5-8-12-25)19-29-17-18-30-20-24(28-16-4-2)22-32-26-13-9-6-10-14-26/h1-2,5-14,23-24H,15-22H2. The number of rotatable bonds is 17. The van der Waals surface area contributed by atoms with Gasteiger partial charge in [-0.25, -0.2) is 0 Å².